The summed E-state index contributed by atoms with van der Waals surface area (Å²) in [7, 11) is -1.75. The Hall–Kier alpha value is 0.0500. The summed E-state index contributed by atoms with van der Waals surface area (Å²) in [6.07, 6.45) is 1.12. The lowest BCUT2D eigenvalue weighted by molar-refractivity contribution is 0.444. The van der Waals surface area contributed by atoms with Crippen LogP contribution in [0.15, 0.2) is 14.7 Å². The third-order valence-electron chi connectivity index (χ3n) is 3.36. The van der Waals surface area contributed by atoms with E-state index in [4.69, 9.17) is 5.73 Å². The number of sulfonamides is 1. The first-order valence-corrected chi connectivity index (χ1v) is 8.85. The zero-order valence-corrected chi connectivity index (χ0v) is 13.6. The summed E-state index contributed by atoms with van der Waals surface area (Å²) < 4.78 is 26.9. The second kappa shape index (κ2) is 5.20. The molecule has 0 aliphatic heterocycles. The average Bonchev–Trinajstić information content (AvgIpc) is 2.85. The van der Waals surface area contributed by atoms with Crippen LogP contribution in [0, 0.1) is 11.8 Å². The third-order valence-corrected chi connectivity index (χ3v) is 7.46. The van der Waals surface area contributed by atoms with Crippen molar-refractivity contribution in [2.45, 2.75) is 24.8 Å². The first-order chi connectivity index (χ1) is 8.36. The van der Waals surface area contributed by atoms with Crippen molar-refractivity contribution in [2.24, 2.45) is 17.6 Å². The zero-order valence-electron chi connectivity index (χ0n) is 10.4. The summed E-state index contributed by atoms with van der Waals surface area (Å²) in [5.41, 5.74) is 5.54. The fourth-order valence-electron chi connectivity index (χ4n) is 1.92. The Bertz CT molecular complexity index is 541. The molecule has 2 unspecified atom stereocenters. The van der Waals surface area contributed by atoms with E-state index in [0.29, 0.717) is 33.6 Å². The molecule has 0 aromatic carbocycles. The first-order valence-electron chi connectivity index (χ1n) is 5.81. The van der Waals surface area contributed by atoms with E-state index in [0.717, 1.165) is 11.3 Å². The van der Waals surface area contributed by atoms with Gasteiger partial charge in [0.2, 0.25) is 10.0 Å². The Balaban J connectivity index is 2.20. The standard InChI is InChI=1S/C11H17BrN2O2S2/c1-7-3-8(7)6-14(2)18(15,16)10-4-9(5-13)17-11(10)12/h4,7-8H,3,5-6,13H2,1-2H3. The number of nitrogens with two attached hydrogens (primary N) is 1. The molecule has 0 bridgehead atoms. The number of halogens is 1. The number of hydrogen-bond donors (Lipinski definition) is 1. The molecule has 2 N–H and O–H groups in total. The molecule has 18 heavy (non-hydrogen) atoms. The van der Waals surface area contributed by atoms with Gasteiger partial charge < -0.3 is 5.73 Å². The fraction of sp³-hybridized carbons (Fsp3) is 0.636. The van der Waals surface area contributed by atoms with Gasteiger partial charge in [0.15, 0.2) is 0 Å². The van der Waals surface area contributed by atoms with E-state index < -0.39 is 10.0 Å². The molecule has 2 rings (SSSR count). The van der Waals surface area contributed by atoms with Gasteiger partial charge in [-0.25, -0.2) is 12.7 Å². The predicted molar refractivity (Wildman–Crippen MR) is 77.0 cm³/mol. The third kappa shape index (κ3) is 2.80. The summed E-state index contributed by atoms with van der Waals surface area (Å²) in [6.45, 7) is 3.12. The van der Waals surface area contributed by atoms with Crippen molar-refractivity contribution in [3.05, 3.63) is 14.7 Å². The molecule has 0 spiro atoms. The Labute approximate surface area is 120 Å². The van der Waals surface area contributed by atoms with Crippen LogP contribution in [0.5, 0.6) is 0 Å². The summed E-state index contributed by atoms with van der Waals surface area (Å²) in [5.74, 6) is 1.16. The fourth-order valence-corrected chi connectivity index (χ4v) is 5.66. The quantitative estimate of drug-likeness (QED) is 0.883. The minimum Gasteiger partial charge on any atom is -0.326 e. The predicted octanol–water partition coefficient (Wildman–Crippen LogP) is 2.25. The van der Waals surface area contributed by atoms with Crippen LogP contribution in [0.4, 0.5) is 0 Å². The van der Waals surface area contributed by atoms with Crippen LogP contribution in [0.25, 0.3) is 0 Å². The molecule has 102 valence electrons. The van der Waals surface area contributed by atoms with Crippen LogP contribution < -0.4 is 5.73 Å². The molecule has 1 aliphatic carbocycles. The van der Waals surface area contributed by atoms with Crippen LogP contribution >= 0.6 is 27.3 Å². The topological polar surface area (TPSA) is 63.4 Å². The summed E-state index contributed by atoms with van der Waals surface area (Å²) >= 11 is 4.69. The molecule has 1 heterocycles. The summed E-state index contributed by atoms with van der Waals surface area (Å²) in [5, 5.41) is 0. The first kappa shape index (κ1) is 14.5. The molecule has 0 amide bonds. The van der Waals surface area contributed by atoms with Crippen molar-refractivity contribution in [3.63, 3.8) is 0 Å². The number of thiophene rings is 1. The maximum atomic E-state index is 12.4. The molecule has 7 heteroatoms. The Kier molecular flexibility index (Phi) is 4.18. The van der Waals surface area contributed by atoms with Gasteiger partial charge in [-0.1, -0.05) is 6.92 Å². The van der Waals surface area contributed by atoms with Crippen molar-refractivity contribution >= 4 is 37.3 Å². The molecule has 1 saturated carbocycles. The number of nitrogens with zero attached hydrogens (tertiary/aromatic N) is 1. The van der Waals surface area contributed by atoms with Gasteiger partial charge in [-0.15, -0.1) is 11.3 Å². The maximum absolute atomic E-state index is 12.4. The summed E-state index contributed by atoms with van der Waals surface area (Å²) in [6, 6.07) is 1.66. The van der Waals surface area contributed by atoms with Gasteiger partial charge in [-0.05, 0) is 40.3 Å². The minimum absolute atomic E-state index is 0.337. The highest BCUT2D eigenvalue weighted by atomic mass is 79.9. The van der Waals surface area contributed by atoms with Gasteiger partial charge in [-0.2, -0.15) is 0 Å². The number of rotatable bonds is 5. The average molecular weight is 353 g/mol. The highest BCUT2D eigenvalue weighted by Crippen LogP contribution is 2.40. The molecule has 1 aromatic heterocycles. The lowest BCUT2D eigenvalue weighted by atomic mass is 10.3. The van der Waals surface area contributed by atoms with E-state index in [9.17, 15) is 8.42 Å². The van der Waals surface area contributed by atoms with Gasteiger partial charge in [0.1, 0.15) is 4.90 Å². The molecular weight excluding hydrogens is 336 g/mol. The molecule has 0 saturated heterocycles. The van der Waals surface area contributed by atoms with Gasteiger partial charge >= 0.3 is 0 Å². The Morgan fingerprint density at radius 1 is 1.61 bits per heavy atom. The molecule has 2 atom stereocenters. The number of hydrogen-bond acceptors (Lipinski definition) is 4. The lowest BCUT2D eigenvalue weighted by Gasteiger charge is -2.16. The van der Waals surface area contributed by atoms with Crippen LogP contribution in [0.2, 0.25) is 0 Å². The van der Waals surface area contributed by atoms with Crippen molar-refractivity contribution in [1.29, 1.82) is 0 Å². The maximum Gasteiger partial charge on any atom is 0.244 e. The van der Waals surface area contributed by atoms with Crippen LogP contribution in [-0.4, -0.2) is 26.3 Å². The van der Waals surface area contributed by atoms with Gasteiger partial charge in [0.25, 0.3) is 0 Å². The molecule has 1 aliphatic rings. The van der Waals surface area contributed by atoms with E-state index in [1.54, 1.807) is 13.1 Å². The highest BCUT2D eigenvalue weighted by molar-refractivity contribution is 9.11. The molecule has 4 nitrogen and oxygen atoms in total. The van der Waals surface area contributed by atoms with Crippen molar-refractivity contribution in [3.8, 4) is 0 Å². The van der Waals surface area contributed by atoms with Crippen LogP contribution in [-0.2, 0) is 16.6 Å². The normalized spacial score (nSPS) is 23.6. The SMILES string of the molecule is CC1CC1CN(C)S(=O)(=O)c1cc(CN)sc1Br. The van der Waals surface area contributed by atoms with E-state index in [-0.39, 0.29) is 0 Å². The second-order valence-electron chi connectivity index (χ2n) is 4.81. The molecule has 0 radical (unpaired) electrons. The lowest BCUT2D eigenvalue weighted by Crippen LogP contribution is -2.29. The molecular formula is C11H17BrN2O2S2. The van der Waals surface area contributed by atoms with Crippen molar-refractivity contribution < 1.29 is 8.42 Å². The van der Waals surface area contributed by atoms with E-state index in [1.807, 2.05) is 0 Å². The van der Waals surface area contributed by atoms with Gasteiger partial charge in [0.05, 0.1) is 3.79 Å². The summed E-state index contributed by atoms with van der Waals surface area (Å²) in [4.78, 5) is 1.21. The Morgan fingerprint density at radius 3 is 2.67 bits per heavy atom. The molecule has 1 fully saturated rings. The van der Waals surface area contributed by atoms with Crippen molar-refractivity contribution in [2.75, 3.05) is 13.6 Å². The van der Waals surface area contributed by atoms with Crippen LogP contribution in [0.3, 0.4) is 0 Å². The van der Waals surface area contributed by atoms with Gasteiger partial charge in [-0.3, -0.25) is 0 Å². The zero-order chi connectivity index (χ0) is 13.5. The highest BCUT2D eigenvalue weighted by Gasteiger charge is 2.36. The minimum atomic E-state index is -3.40. The largest absolute Gasteiger partial charge is 0.326 e. The smallest absolute Gasteiger partial charge is 0.244 e. The van der Waals surface area contributed by atoms with Crippen LogP contribution in [0.1, 0.15) is 18.2 Å². The van der Waals surface area contributed by atoms with Crippen molar-refractivity contribution in [1.82, 2.24) is 4.31 Å². The Morgan fingerprint density at radius 2 is 2.22 bits per heavy atom. The van der Waals surface area contributed by atoms with Gasteiger partial charge in [0, 0.05) is 25.0 Å². The van der Waals surface area contributed by atoms with E-state index >= 15 is 0 Å². The second-order valence-corrected chi connectivity index (χ2v) is 9.28. The van der Waals surface area contributed by atoms with E-state index in [2.05, 4.69) is 22.9 Å². The monoisotopic (exact) mass is 352 g/mol. The molecule has 1 aromatic rings. The van der Waals surface area contributed by atoms with E-state index in [1.165, 1.54) is 15.6 Å².